The van der Waals surface area contributed by atoms with Crippen molar-refractivity contribution in [2.75, 3.05) is 23.9 Å². The third kappa shape index (κ3) is 10.1. The van der Waals surface area contributed by atoms with Crippen LogP contribution in [-0.2, 0) is 49.9 Å². The second-order valence-electron chi connectivity index (χ2n) is 15.9. The molecule has 2 aliphatic rings. The summed E-state index contributed by atoms with van der Waals surface area (Å²) >= 11 is 3.53. The molecule has 17 nitrogen and oxygen atoms in total. The number of amides is 2. The van der Waals surface area contributed by atoms with Crippen molar-refractivity contribution in [3.8, 4) is 0 Å². The zero-order valence-corrected chi connectivity index (χ0v) is 38.6. The molecule has 2 aliphatic heterocycles. The number of benzene rings is 4. The molecule has 4 aromatic carbocycles. The number of likely N-dealkylation sites (N-methyl/N-ethyl adjacent to an activating group) is 2. The highest BCUT2D eigenvalue weighted by Crippen LogP contribution is 2.35. The largest absolute Gasteiger partial charge is 0.554 e. The number of carboxylic acid groups (broad SMARTS) is 3. The summed E-state index contributed by atoms with van der Waals surface area (Å²) in [6.45, 7) is 4.11. The van der Waals surface area contributed by atoms with Crippen LogP contribution in [0.5, 0.6) is 0 Å². The first kappa shape index (κ1) is 49.2. The van der Waals surface area contributed by atoms with Crippen molar-refractivity contribution in [2.45, 2.75) is 90.4 Å². The Morgan fingerprint density at radius 1 is 0.662 bits per heavy atom. The van der Waals surface area contributed by atoms with Gasteiger partial charge in [0.25, 0.3) is 0 Å². The van der Waals surface area contributed by atoms with Crippen LogP contribution >= 0.6 is 15.9 Å². The van der Waals surface area contributed by atoms with Crippen LogP contribution in [-0.4, -0.2) is 72.8 Å². The number of carbonyl (C=O) groups excluding carboxylic acids is 3. The molecule has 65 heavy (non-hydrogen) atoms. The van der Waals surface area contributed by atoms with E-state index in [0.717, 1.165) is 73.0 Å². The van der Waals surface area contributed by atoms with E-state index >= 15 is 0 Å². The van der Waals surface area contributed by atoms with Crippen LogP contribution in [0.1, 0.15) is 86.7 Å². The number of para-hydroxylation sites is 4. The van der Waals surface area contributed by atoms with Crippen molar-refractivity contribution in [3.05, 3.63) is 127 Å². The lowest BCUT2D eigenvalue weighted by Crippen LogP contribution is -2.29. The minimum absolute atomic E-state index is 0. The summed E-state index contributed by atoms with van der Waals surface area (Å²) in [6.07, 6.45) is 3.20. The lowest BCUT2D eigenvalue weighted by molar-refractivity contribution is -0.283. The molecule has 6 aromatic rings. The SMILES string of the molecule is CCCC(CC(=O)O)n1c(=O)n(Cc2cc(Br)cc3c2CC(=O)N3C)c2ccccc21.CCCC(CC(=O)O)n1c(=O)n(Cc2cccc3c2CC(=O)N3C)c2ccccc21.O=C[O-].[NH4+]. The van der Waals surface area contributed by atoms with E-state index < -0.39 is 30.5 Å². The standard InChI is InChI=1S/C23H24BrN3O4.C23H25N3O4.CH2O2.H3N/c1-3-6-16(11-22(29)30)27-19-8-5-4-7-18(19)26(23(27)31)13-14-9-15(24)10-20-17(14)12-21(28)25(20)2;1-3-7-16(12-22(28)29)26-20-10-5-4-9-19(20)25(23(26)30)14-15-8-6-11-18-17(15)13-21(27)24(18)2;2-1-3;/h4-5,7-10,16H,3,6,11-13H2,1-2H3,(H,29,30);4-6,8-11,16H,3,7,12-14H2,1-2H3,(H,28,29);1H,(H,2,3);1H3. The van der Waals surface area contributed by atoms with E-state index in [-0.39, 0.29) is 42.2 Å². The fourth-order valence-corrected chi connectivity index (χ4v) is 9.44. The van der Waals surface area contributed by atoms with Gasteiger partial charge >= 0.3 is 23.3 Å². The van der Waals surface area contributed by atoms with Crippen LogP contribution < -0.4 is 32.4 Å². The molecule has 2 aromatic heterocycles. The number of quaternary nitrogens is 1. The number of fused-ring (bicyclic) bond motifs is 4. The van der Waals surface area contributed by atoms with E-state index in [2.05, 4.69) is 15.9 Å². The highest BCUT2D eigenvalue weighted by atomic mass is 79.9. The minimum Gasteiger partial charge on any atom is -0.554 e. The highest BCUT2D eigenvalue weighted by Gasteiger charge is 2.30. The Morgan fingerprint density at radius 3 is 1.52 bits per heavy atom. The molecule has 18 heteroatoms. The van der Waals surface area contributed by atoms with E-state index in [4.69, 9.17) is 9.90 Å². The van der Waals surface area contributed by atoms with Gasteiger partial charge in [-0.25, -0.2) is 9.59 Å². The Balaban J connectivity index is 0.000000227. The molecule has 0 spiro atoms. The summed E-state index contributed by atoms with van der Waals surface area (Å²) in [5, 5.41) is 27.0. The summed E-state index contributed by atoms with van der Waals surface area (Å²) in [7, 11) is 3.51. The average Bonchev–Trinajstić information content (AvgIpc) is 3.91. The van der Waals surface area contributed by atoms with E-state index in [0.29, 0.717) is 38.8 Å². The molecule has 0 bridgehead atoms. The third-order valence-electron chi connectivity index (χ3n) is 11.8. The molecule has 0 radical (unpaired) electrons. The van der Waals surface area contributed by atoms with Crippen LogP contribution in [0.15, 0.2) is 92.9 Å². The average molecular weight is 957 g/mol. The van der Waals surface area contributed by atoms with Gasteiger partial charge in [-0.1, -0.05) is 79.0 Å². The number of nitrogens with zero attached hydrogens (tertiary/aromatic N) is 6. The predicted octanol–water partition coefficient (Wildman–Crippen LogP) is 5.88. The first-order valence-corrected chi connectivity index (χ1v) is 21.8. The van der Waals surface area contributed by atoms with Gasteiger partial charge in [0, 0.05) is 48.5 Å². The topological polar surface area (TPSA) is 246 Å². The number of carboxylic acids is 2. The van der Waals surface area contributed by atoms with Crippen molar-refractivity contribution >= 4 is 79.6 Å². The van der Waals surface area contributed by atoms with E-state index in [1.807, 2.05) is 92.7 Å². The fourth-order valence-electron chi connectivity index (χ4n) is 8.95. The second-order valence-corrected chi connectivity index (χ2v) is 16.8. The fraction of sp³-hybridized carbons (Fsp3) is 0.340. The third-order valence-corrected chi connectivity index (χ3v) is 12.3. The number of halogens is 1. The van der Waals surface area contributed by atoms with Crippen molar-refractivity contribution in [1.82, 2.24) is 24.4 Å². The molecule has 0 saturated heterocycles. The number of imidazole rings is 2. The number of hydrogen-bond donors (Lipinski definition) is 3. The van der Waals surface area contributed by atoms with Crippen LogP contribution in [0.25, 0.3) is 22.1 Å². The summed E-state index contributed by atoms with van der Waals surface area (Å²) < 4.78 is 7.48. The van der Waals surface area contributed by atoms with Crippen LogP contribution in [0.2, 0.25) is 0 Å². The van der Waals surface area contributed by atoms with E-state index in [1.165, 1.54) is 0 Å². The van der Waals surface area contributed by atoms with Gasteiger partial charge in [0.05, 0.1) is 60.8 Å². The number of carbonyl (C=O) groups is 5. The second kappa shape index (κ2) is 21.3. The van der Waals surface area contributed by atoms with Crippen LogP contribution in [0.3, 0.4) is 0 Å². The number of hydrogen-bond acceptors (Lipinski definition) is 8. The Morgan fingerprint density at radius 2 is 1.08 bits per heavy atom. The zero-order valence-electron chi connectivity index (χ0n) is 37.0. The van der Waals surface area contributed by atoms with Crippen LogP contribution in [0.4, 0.5) is 11.4 Å². The minimum atomic E-state index is -0.923. The van der Waals surface area contributed by atoms with Gasteiger partial charge in [-0.2, -0.15) is 0 Å². The van der Waals surface area contributed by atoms with Crippen molar-refractivity contribution in [2.24, 2.45) is 0 Å². The van der Waals surface area contributed by atoms with E-state index in [1.54, 1.807) is 42.2 Å². The Hall–Kier alpha value is -6.79. The number of rotatable bonds is 14. The van der Waals surface area contributed by atoms with Gasteiger partial charge in [-0.3, -0.25) is 37.4 Å². The van der Waals surface area contributed by atoms with Gasteiger partial charge in [0.2, 0.25) is 11.8 Å². The summed E-state index contributed by atoms with van der Waals surface area (Å²) in [5.74, 6) is -1.78. The maximum Gasteiger partial charge on any atom is 0.329 e. The Bertz CT molecular complexity index is 2880. The van der Waals surface area contributed by atoms with Crippen LogP contribution in [0, 0.1) is 0 Å². The molecule has 6 N–H and O–H groups in total. The monoisotopic (exact) mass is 955 g/mol. The maximum absolute atomic E-state index is 13.5. The number of aliphatic carboxylic acids is 2. The molecule has 0 saturated carbocycles. The molecule has 0 fully saturated rings. The van der Waals surface area contributed by atoms with Gasteiger partial charge in [0.15, 0.2) is 0 Å². The van der Waals surface area contributed by atoms with Gasteiger partial charge < -0.3 is 36.1 Å². The first-order chi connectivity index (χ1) is 30.6. The van der Waals surface area contributed by atoms with Crippen molar-refractivity contribution in [3.63, 3.8) is 0 Å². The quantitative estimate of drug-likeness (QED) is 0.110. The lowest BCUT2D eigenvalue weighted by Gasteiger charge is -2.16. The Kier molecular flexibility index (Phi) is 16.1. The zero-order chi connectivity index (χ0) is 46.4. The van der Waals surface area contributed by atoms with Crippen molar-refractivity contribution < 1.29 is 39.3 Å². The number of aromatic nitrogens is 4. The molecule has 344 valence electrons. The van der Waals surface area contributed by atoms with Gasteiger partial charge in [-0.15, -0.1) is 0 Å². The molecule has 8 rings (SSSR count). The summed E-state index contributed by atoms with van der Waals surface area (Å²) in [5.41, 5.74) is 7.98. The van der Waals surface area contributed by atoms with Gasteiger partial charge in [-0.05, 0) is 77.6 Å². The molecule has 2 amide bonds. The van der Waals surface area contributed by atoms with Gasteiger partial charge in [0.1, 0.15) is 0 Å². The molecule has 0 aliphatic carbocycles. The normalized spacial score (nSPS) is 13.6. The predicted molar refractivity (Wildman–Crippen MR) is 250 cm³/mol. The lowest BCUT2D eigenvalue weighted by atomic mass is 10.0. The Labute approximate surface area is 382 Å². The van der Waals surface area contributed by atoms with E-state index in [9.17, 15) is 39.0 Å². The summed E-state index contributed by atoms with van der Waals surface area (Å²) in [4.78, 5) is 85.9. The molecule has 4 heterocycles. The summed E-state index contributed by atoms with van der Waals surface area (Å²) in [6, 6.07) is 23.8. The van der Waals surface area contributed by atoms with Crippen molar-refractivity contribution in [1.29, 1.82) is 0 Å². The highest BCUT2D eigenvalue weighted by molar-refractivity contribution is 9.10. The molecule has 2 atom stereocenters. The molecular weight excluding hydrogens is 902 g/mol. The maximum atomic E-state index is 13.5. The number of anilines is 2. The smallest absolute Gasteiger partial charge is 0.329 e. The first-order valence-electron chi connectivity index (χ1n) is 21.0. The molecular formula is C47H54BrN7O10. The molecule has 2 unspecified atom stereocenters.